The van der Waals surface area contributed by atoms with E-state index in [4.69, 9.17) is 9.26 Å². The summed E-state index contributed by atoms with van der Waals surface area (Å²) in [4.78, 5) is 10.3. The van der Waals surface area contributed by atoms with Crippen LogP contribution in [-0.4, -0.2) is 29.2 Å². The molecule has 0 aliphatic carbocycles. The summed E-state index contributed by atoms with van der Waals surface area (Å²) in [7, 11) is 3.89. The lowest BCUT2D eigenvalue weighted by Gasteiger charge is -2.11. The molecule has 0 aliphatic heterocycles. The third-order valence-corrected chi connectivity index (χ3v) is 2.57. The Kier molecular flexibility index (Phi) is 3.99. The highest BCUT2D eigenvalue weighted by Crippen LogP contribution is 2.16. The molecule has 6 heteroatoms. The summed E-state index contributed by atoms with van der Waals surface area (Å²) in [5.41, 5.74) is 1.00. The second kappa shape index (κ2) is 5.69. The maximum atomic E-state index is 5.47. The molecule has 6 nitrogen and oxygen atoms in total. The SMILES string of the molecule is CC(C)c1noc(OCc2ccnc(N(C)C)c2)n1. The minimum Gasteiger partial charge on any atom is -0.444 e. The Bertz CT molecular complexity index is 537. The lowest BCUT2D eigenvalue weighted by atomic mass is 10.2. The van der Waals surface area contributed by atoms with Gasteiger partial charge in [-0.2, -0.15) is 4.98 Å². The average molecular weight is 262 g/mol. The minimum atomic E-state index is 0.201. The van der Waals surface area contributed by atoms with E-state index in [2.05, 4.69) is 15.1 Å². The molecular weight excluding hydrogens is 244 g/mol. The van der Waals surface area contributed by atoms with Crippen molar-refractivity contribution in [1.82, 2.24) is 15.1 Å². The van der Waals surface area contributed by atoms with Crippen LogP contribution in [0.5, 0.6) is 6.08 Å². The predicted octanol–water partition coefficient (Wildman–Crippen LogP) is 2.23. The van der Waals surface area contributed by atoms with Crippen molar-refractivity contribution in [3.05, 3.63) is 29.7 Å². The van der Waals surface area contributed by atoms with Crippen LogP contribution in [0.1, 0.15) is 31.2 Å². The Labute approximate surface area is 112 Å². The van der Waals surface area contributed by atoms with E-state index < -0.39 is 0 Å². The van der Waals surface area contributed by atoms with Crippen LogP contribution in [0.3, 0.4) is 0 Å². The lowest BCUT2D eigenvalue weighted by molar-refractivity contribution is 0.195. The molecule has 0 amide bonds. The van der Waals surface area contributed by atoms with Gasteiger partial charge in [-0.1, -0.05) is 19.0 Å². The van der Waals surface area contributed by atoms with Crippen molar-refractivity contribution in [2.24, 2.45) is 0 Å². The number of rotatable bonds is 5. The molecule has 0 fully saturated rings. The first kappa shape index (κ1) is 13.3. The molecule has 0 aromatic carbocycles. The quantitative estimate of drug-likeness (QED) is 0.823. The smallest absolute Gasteiger partial charge is 0.417 e. The van der Waals surface area contributed by atoms with Gasteiger partial charge in [-0.05, 0) is 17.7 Å². The molecule has 2 heterocycles. The second-order valence-corrected chi connectivity index (χ2v) is 4.78. The van der Waals surface area contributed by atoms with Gasteiger partial charge < -0.3 is 9.64 Å². The summed E-state index contributed by atoms with van der Waals surface area (Å²) in [6.45, 7) is 4.38. The largest absolute Gasteiger partial charge is 0.444 e. The Morgan fingerprint density at radius 2 is 2.16 bits per heavy atom. The summed E-state index contributed by atoms with van der Waals surface area (Å²) in [6, 6.07) is 3.85. The molecule has 0 atom stereocenters. The van der Waals surface area contributed by atoms with Crippen molar-refractivity contribution < 1.29 is 9.26 Å². The Balaban J connectivity index is 1.99. The molecule has 0 bridgehead atoms. The van der Waals surface area contributed by atoms with Crippen LogP contribution < -0.4 is 9.64 Å². The minimum absolute atomic E-state index is 0.201. The van der Waals surface area contributed by atoms with E-state index in [0.29, 0.717) is 12.4 Å². The van der Waals surface area contributed by atoms with Crippen molar-refractivity contribution in [3.8, 4) is 6.08 Å². The van der Waals surface area contributed by atoms with Crippen molar-refractivity contribution in [2.75, 3.05) is 19.0 Å². The van der Waals surface area contributed by atoms with Gasteiger partial charge in [0, 0.05) is 26.2 Å². The Morgan fingerprint density at radius 1 is 1.37 bits per heavy atom. The molecule has 2 rings (SSSR count). The summed E-state index contributed by atoms with van der Waals surface area (Å²) in [5, 5.41) is 3.84. The molecule has 102 valence electrons. The summed E-state index contributed by atoms with van der Waals surface area (Å²) in [5.74, 6) is 1.76. The van der Waals surface area contributed by atoms with Gasteiger partial charge in [0.2, 0.25) is 0 Å². The molecule has 2 aromatic heterocycles. The topological polar surface area (TPSA) is 64.3 Å². The van der Waals surface area contributed by atoms with Crippen LogP contribution in [0.25, 0.3) is 0 Å². The Hall–Kier alpha value is -2.11. The van der Waals surface area contributed by atoms with Gasteiger partial charge in [0.05, 0.1) is 0 Å². The van der Waals surface area contributed by atoms with Gasteiger partial charge in [-0.25, -0.2) is 4.98 Å². The molecule has 0 unspecified atom stereocenters. The second-order valence-electron chi connectivity index (χ2n) is 4.78. The molecule has 0 spiro atoms. The summed E-state index contributed by atoms with van der Waals surface area (Å²) < 4.78 is 10.5. The highest BCUT2D eigenvalue weighted by molar-refractivity contribution is 5.38. The number of nitrogens with zero attached hydrogens (tertiary/aromatic N) is 4. The average Bonchev–Trinajstić information content (AvgIpc) is 2.85. The molecular formula is C13H18N4O2. The zero-order chi connectivity index (χ0) is 13.8. The number of hydrogen-bond acceptors (Lipinski definition) is 6. The van der Waals surface area contributed by atoms with Gasteiger partial charge in [-0.15, -0.1) is 0 Å². The van der Waals surface area contributed by atoms with Crippen LogP contribution in [0.15, 0.2) is 22.9 Å². The third-order valence-electron chi connectivity index (χ3n) is 2.57. The van der Waals surface area contributed by atoms with Crippen LogP contribution in [-0.2, 0) is 6.61 Å². The van der Waals surface area contributed by atoms with E-state index in [9.17, 15) is 0 Å². The normalized spacial score (nSPS) is 10.8. The molecule has 0 aliphatic rings. The molecule has 0 saturated carbocycles. The first-order valence-electron chi connectivity index (χ1n) is 6.15. The van der Waals surface area contributed by atoms with E-state index in [1.165, 1.54) is 0 Å². The van der Waals surface area contributed by atoms with E-state index >= 15 is 0 Å². The molecule has 0 saturated heterocycles. The molecule has 0 N–H and O–H groups in total. The number of anilines is 1. The van der Waals surface area contributed by atoms with Crippen molar-refractivity contribution in [2.45, 2.75) is 26.4 Å². The fourth-order valence-corrected chi connectivity index (χ4v) is 1.45. The van der Waals surface area contributed by atoms with Crippen molar-refractivity contribution in [1.29, 1.82) is 0 Å². The first-order chi connectivity index (χ1) is 9.06. The van der Waals surface area contributed by atoms with Crippen molar-refractivity contribution >= 4 is 5.82 Å². The Morgan fingerprint density at radius 3 is 2.79 bits per heavy atom. The van der Waals surface area contributed by atoms with Crippen LogP contribution >= 0.6 is 0 Å². The number of pyridine rings is 1. The molecule has 2 aromatic rings. The maximum Gasteiger partial charge on any atom is 0.417 e. The maximum absolute atomic E-state index is 5.47. The van der Waals surface area contributed by atoms with Gasteiger partial charge in [-0.3, -0.25) is 4.52 Å². The number of hydrogen-bond donors (Lipinski definition) is 0. The van der Waals surface area contributed by atoms with Gasteiger partial charge in [0.1, 0.15) is 12.4 Å². The zero-order valence-electron chi connectivity index (χ0n) is 11.6. The molecule has 0 radical (unpaired) electrons. The number of ether oxygens (including phenoxy) is 1. The number of aromatic nitrogens is 3. The van der Waals surface area contributed by atoms with Crippen LogP contribution in [0.4, 0.5) is 5.82 Å². The third kappa shape index (κ3) is 3.43. The van der Waals surface area contributed by atoms with E-state index in [0.717, 1.165) is 11.4 Å². The van der Waals surface area contributed by atoms with E-state index in [1.807, 2.05) is 45.0 Å². The van der Waals surface area contributed by atoms with Crippen LogP contribution in [0.2, 0.25) is 0 Å². The van der Waals surface area contributed by atoms with Crippen molar-refractivity contribution in [3.63, 3.8) is 0 Å². The standard InChI is InChI=1S/C13H18N4O2/c1-9(2)12-15-13(19-16-12)18-8-10-5-6-14-11(7-10)17(3)4/h5-7,9H,8H2,1-4H3. The molecule has 19 heavy (non-hydrogen) atoms. The first-order valence-corrected chi connectivity index (χ1v) is 6.15. The fraction of sp³-hybridized carbons (Fsp3) is 0.462. The van der Waals surface area contributed by atoms with Crippen LogP contribution in [0, 0.1) is 0 Å². The van der Waals surface area contributed by atoms with E-state index in [-0.39, 0.29) is 12.0 Å². The summed E-state index contributed by atoms with van der Waals surface area (Å²) >= 11 is 0. The highest BCUT2D eigenvalue weighted by Gasteiger charge is 2.10. The van der Waals surface area contributed by atoms with E-state index in [1.54, 1.807) is 6.20 Å². The lowest BCUT2D eigenvalue weighted by Crippen LogP contribution is -2.11. The monoisotopic (exact) mass is 262 g/mol. The summed E-state index contributed by atoms with van der Waals surface area (Å²) in [6.07, 6.45) is 1.95. The van der Waals surface area contributed by atoms with Gasteiger partial charge >= 0.3 is 6.08 Å². The zero-order valence-corrected chi connectivity index (χ0v) is 11.6. The predicted molar refractivity (Wildman–Crippen MR) is 71.3 cm³/mol. The van der Waals surface area contributed by atoms with Gasteiger partial charge in [0.15, 0.2) is 5.82 Å². The fourth-order valence-electron chi connectivity index (χ4n) is 1.45. The van der Waals surface area contributed by atoms with Gasteiger partial charge in [0.25, 0.3) is 0 Å². The highest BCUT2D eigenvalue weighted by atomic mass is 16.6.